The lowest BCUT2D eigenvalue weighted by Crippen LogP contribution is -2.51. The Bertz CT molecular complexity index is 2030. The van der Waals surface area contributed by atoms with E-state index in [1.54, 1.807) is 4.68 Å². The normalized spacial score (nSPS) is 18.4. The number of fused-ring (bicyclic) bond motifs is 5. The van der Waals surface area contributed by atoms with E-state index in [2.05, 4.69) is 30.3 Å². The summed E-state index contributed by atoms with van der Waals surface area (Å²) in [5.74, 6) is -2.89. The number of phenolic OH excluding ortho intramolecular Hbond substituents is 1. The first kappa shape index (κ1) is 25.8. The predicted octanol–water partition coefficient (Wildman–Crippen LogP) is 4.70. The number of aromatic hydroxyl groups is 1. The van der Waals surface area contributed by atoms with Crippen molar-refractivity contribution in [3.63, 3.8) is 0 Å². The number of rotatable bonds is 5. The van der Waals surface area contributed by atoms with Crippen LogP contribution in [-0.4, -0.2) is 60.0 Å². The van der Waals surface area contributed by atoms with Gasteiger partial charge in [0.05, 0.1) is 16.6 Å². The molecule has 2 atom stereocenters. The van der Waals surface area contributed by atoms with E-state index >= 15 is 8.78 Å². The molecular formula is C30H25F3N8O2. The molecule has 2 fully saturated rings. The molecule has 4 aromatic heterocycles. The average molecular weight is 587 g/mol. The lowest BCUT2D eigenvalue weighted by atomic mass is 9.99. The van der Waals surface area contributed by atoms with E-state index < -0.39 is 17.5 Å². The van der Waals surface area contributed by atoms with Crippen LogP contribution in [0.15, 0.2) is 42.7 Å². The third-order valence-corrected chi connectivity index (χ3v) is 8.23. The summed E-state index contributed by atoms with van der Waals surface area (Å²) in [5, 5.41) is 18.7. The van der Waals surface area contributed by atoms with Gasteiger partial charge < -0.3 is 25.0 Å². The fourth-order valence-corrected chi connectivity index (χ4v) is 6.36. The Labute approximate surface area is 242 Å². The number of hydrogen-bond donors (Lipinski definition) is 3. The van der Waals surface area contributed by atoms with E-state index in [1.807, 2.05) is 19.3 Å². The molecular weight excluding hydrogens is 561 g/mol. The summed E-state index contributed by atoms with van der Waals surface area (Å²) in [7, 11) is 1.83. The molecule has 6 heterocycles. The highest BCUT2D eigenvalue weighted by atomic mass is 19.2. The zero-order valence-electron chi connectivity index (χ0n) is 22.9. The molecule has 8 rings (SSSR count). The number of nitrogens with zero attached hydrogens (tertiary/aromatic N) is 6. The quantitative estimate of drug-likeness (QED) is 0.266. The van der Waals surface area contributed by atoms with Crippen molar-refractivity contribution in [3.05, 3.63) is 65.9 Å². The van der Waals surface area contributed by atoms with Gasteiger partial charge in [0.2, 0.25) is 0 Å². The first-order valence-corrected chi connectivity index (χ1v) is 13.9. The molecule has 0 unspecified atom stereocenters. The van der Waals surface area contributed by atoms with Crippen LogP contribution in [0.1, 0.15) is 18.5 Å². The van der Waals surface area contributed by atoms with Crippen LogP contribution in [-0.2, 0) is 13.7 Å². The van der Waals surface area contributed by atoms with E-state index in [9.17, 15) is 9.50 Å². The summed E-state index contributed by atoms with van der Waals surface area (Å²) >= 11 is 0. The number of halogens is 3. The molecule has 6 aromatic rings. The van der Waals surface area contributed by atoms with Crippen LogP contribution in [0, 0.1) is 17.5 Å². The van der Waals surface area contributed by atoms with Gasteiger partial charge in [-0.3, -0.25) is 9.67 Å². The van der Waals surface area contributed by atoms with Crippen molar-refractivity contribution in [1.29, 1.82) is 0 Å². The van der Waals surface area contributed by atoms with Gasteiger partial charge in [-0.15, -0.1) is 0 Å². The molecule has 0 saturated carbocycles. The van der Waals surface area contributed by atoms with Gasteiger partial charge in [0.15, 0.2) is 17.5 Å². The first-order valence-electron chi connectivity index (χ1n) is 13.9. The minimum Gasteiger partial charge on any atom is -0.508 e. The molecule has 2 aliphatic rings. The van der Waals surface area contributed by atoms with Crippen LogP contribution in [0.5, 0.6) is 11.8 Å². The second-order valence-electron chi connectivity index (χ2n) is 11.2. The summed E-state index contributed by atoms with van der Waals surface area (Å²) in [6, 6.07) is 7.09. The Morgan fingerprint density at radius 2 is 1.86 bits per heavy atom. The van der Waals surface area contributed by atoms with E-state index in [-0.39, 0.29) is 58.0 Å². The topological polar surface area (TPSA) is 117 Å². The van der Waals surface area contributed by atoms with Crippen molar-refractivity contribution in [2.45, 2.75) is 31.5 Å². The van der Waals surface area contributed by atoms with Gasteiger partial charge in [0.1, 0.15) is 34.9 Å². The number of hydrogen-bond acceptors (Lipinski definition) is 8. The summed E-state index contributed by atoms with van der Waals surface area (Å²) < 4.78 is 53.5. The van der Waals surface area contributed by atoms with Crippen LogP contribution >= 0.6 is 0 Å². The van der Waals surface area contributed by atoms with Crippen LogP contribution in [0.25, 0.3) is 44.0 Å². The number of aromatic amines is 1. The highest BCUT2D eigenvalue weighted by Crippen LogP contribution is 2.39. The summed E-state index contributed by atoms with van der Waals surface area (Å²) in [4.78, 5) is 18.8. The fraction of sp³-hybridized carbons (Fsp3) is 0.267. The van der Waals surface area contributed by atoms with Crippen LogP contribution in [0.2, 0.25) is 0 Å². The zero-order chi connectivity index (χ0) is 29.4. The fourth-order valence-electron chi connectivity index (χ4n) is 6.36. The zero-order valence-corrected chi connectivity index (χ0v) is 22.9. The third-order valence-electron chi connectivity index (χ3n) is 8.23. The second-order valence-corrected chi connectivity index (χ2v) is 11.2. The lowest BCUT2D eigenvalue weighted by Gasteiger charge is -2.34. The molecule has 2 saturated heterocycles. The highest BCUT2D eigenvalue weighted by molar-refractivity contribution is 6.00. The van der Waals surface area contributed by atoms with Gasteiger partial charge in [0.25, 0.3) is 0 Å². The molecule has 218 valence electrons. The maximum absolute atomic E-state index is 16.5. The maximum Gasteiger partial charge on any atom is 0.319 e. The van der Waals surface area contributed by atoms with E-state index in [0.717, 1.165) is 35.6 Å². The third kappa shape index (κ3) is 4.30. The number of aryl methyl sites for hydroxylation is 1. The minimum absolute atomic E-state index is 0.0461. The molecule has 2 aliphatic heterocycles. The Kier molecular flexibility index (Phi) is 5.73. The number of piperazine rings is 1. The maximum atomic E-state index is 16.5. The minimum atomic E-state index is -1.16. The molecule has 43 heavy (non-hydrogen) atoms. The Morgan fingerprint density at radius 3 is 2.65 bits per heavy atom. The standard InChI is InChI=1S/C30H25F3N8O2/c1-40-12-23-22(39-40)7-17(36-23)13-43-30-37-28-20(29(38-30)41-10-15-3-4-16(11-41)35-15)9-34-27(26(28)33)19-8-18(42)6-14-2-5-21(31)25(32)24(14)19/h2,5-9,12,15-16,35-36,42H,3-4,10-11,13H2,1H3/t15-,16+. The molecule has 0 spiro atoms. The van der Waals surface area contributed by atoms with Gasteiger partial charge >= 0.3 is 6.01 Å². The van der Waals surface area contributed by atoms with Gasteiger partial charge in [-0.1, -0.05) is 6.07 Å². The van der Waals surface area contributed by atoms with Crippen molar-refractivity contribution >= 4 is 38.5 Å². The first-order chi connectivity index (χ1) is 20.8. The van der Waals surface area contributed by atoms with Crippen molar-refractivity contribution in [2.75, 3.05) is 18.0 Å². The van der Waals surface area contributed by atoms with Gasteiger partial charge in [-0.25, -0.2) is 13.2 Å². The van der Waals surface area contributed by atoms with Crippen LogP contribution in [0.3, 0.4) is 0 Å². The molecule has 2 aromatic carbocycles. The van der Waals surface area contributed by atoms with E-state index in [4.69, 9.17) is 9.72 Å². The van der Waals surface area contributed by atoms with Gasteiger partial charge in [-0.2, -0.15) is 15.1 Å². The SMILES string of the molecule is Cn1cc2[nH]c(COc3nc(N4C[C@H]5CC[C@@H](C4)N5)c4cnc(-c5cc(O)cc6ccc(F)c(F)c56)c(F)c4n3)cc2n1. The second kappa shape index (κ2) is 9.56. The number of ether oxygens (including phenoxy) is 1. The average Bonchev–Trinajstić information content (AvgIpc) is 3.64. The lowest BCUT2D eigenvalue weighted by molar-refractivity contribution is 0.278. The molecule has 0 radical (unpaired) electrons. The van der Waals surface area contributed by atoms with Crippen LogP contribution in [0.4, 0.5) is 19.0 Å². The number of phenols is 1. The Balaban J connectivity index is 1.26. The van der Waals surface area contributed by atoms with Crippen molar-refractivity contribution in [3.8, 4) is 23.0 Å². The number of nitrogens with one attached hydrogen (secondary N) is 2. The van der Waals surface area contributed by atoms with Gasteiger partial charge in [0, 0.05) is 55.6 Å². The summed E-state index contributed by atoms with van der Waals surface area (Å²) in [6.07, 6.45) is 5.36. The largest absolute Gasteiger partial charge is 0.508 e. The smallest absolute Gasteiger partial charge is 0.319 e. The van der Waals surface area contributed by atoms with E-state index in [1.165, 1.54) is 24.4 Å². The monoisotopic (exact) mass is 586 g/mol. The number of pyridine rings is 1. The number of benzene rings is 2. The van der Waals surface area contributed by atoms with Crippen molar-refractivity contribution in [2.24, 2.45) is 7.05 Å². The molecule has 0 amide bonds. The molecule has 2 bridgehead atoms. The molecule has 3 N–H and O–H groups in total. The summed E-state index contributed by atoms with van der Waals surface area (Å²) in [6.45, 7) is 1.42. The highest BCUT2D eigenvalue weighted by Gasteiger charge is 2.34. The van der Waals surface area contributed by atoms with Crippen LogP contribution < -0.4 is 15.0 Å². The molecule has 10 nitrogen and oxygen atoms in total. The predicted molar refractivity (Wildman–Crippen MR) is 153 cm³/mol. The number of anilines is 1. The van der Waals surface area contributed by atoms with E-state index in [0.29, 0.717) is 24.3 Å². The van der Waals surface area contributed by atoms with Gasteiger partial charge in [-0.05, 0) is 42.5 Å². The number of aromatic nitrogens is 6. The Morgan fingerprint density at radius 1 is 1.05 bits per heavy atom. The molecule has 0 aliphatic carbocycles. The van der Waals surface area contributed by atoms with Crippen molar-refractivity contribution < 1.29 is 23.0 Å². The number of H-pyrrole nitrogens is 1. The Hall–Kier alpha value is -4.91. The molecule has 13 heteroatoms. The van der Waals surface area contributed by atoms with Crippen molar-refractivity contribution in [1.82, 2.24) is 35.0 Å². The summed E-state index contributed by atoms with van der Waals surface area (Å²) in [5.41, 5.74) is 1.91.